The number of aliphatic hydroxyl groups is 1. The standard InChI is InChI=1S/C15H18N4O5/c1-9(20)7-16-14(22)15-18-13(19-24-15)8-23-12-5-3-4-11(6-12)17-10(2)21/h3-6,9,20H,7-8H2,1-2H3,(H,16,22)(H,17,21)/t9-/m1/s1. The van der Waals surface area contributed by atoms with Crippen molar-refractivity contribution in [3.05, 3.63) is 36.0 Å². The second kappa shape index (κ2) is 8.06. The van der Waals surface area contributed by atoms with Crippen LogP contribution in [0.1, 0.15) is 30.4 Å². The molecule has 0 aliphatic rings. The maximum absolute atomic E-state index is 11.7. The van der Waals surface area contributed by atoms with Gasteiger partial charge in [-0.25, -0.2) is 0 Å². The van der Waals surface area contributed by atoms with Crippen LogP contribution >= 0.6 is 0 Å². The Labute approximate surface area is 138 Å². The molecule has 1 aromatic carbocycles. The van der Waals surface area contributed by atoms with Gasteiger partial charge in [0.05, 0.1) is 6.10 Å². The quantitative estimate of drug-likeness (QED) is 0.681. The van der Waals surface area contributed by atoms with Crippen LogP contribution in [0.15, 0.2) is 28.8 Å². The molecule has 3 N–H and O–H groups in total. The first-order chi connectivity index (χ1) is 11.4. The topological polar surface area (TPSA) is 127 Å². The first-order valence-electron chi connectivity index (χ1n) is 7.23. The van der Waals surface area contributed by atoms with E-state index >= 15 is 0 Å². The number of nitrogens with one attached hydrogen (secondary N) is 2. The smallest absolute Gasteiger partial charge is 0.316 e. The normalized spacial score (nSPS) is 11.6. The van der Waals surface area contributed by atoms with Crippen molar-refractivity contribution in [1.29, 1.82) is 0 Å². The largest absolute Gasteiger partial charge is 0.485 e. The molecule has 0 unspecified atom stereocenters. The molecular formula is C15H18N4O5. The van der Waals surface area contributed by atoms with Gasteiger partial charge >= 0.3 is 11.8 Å². The number of benzene rings is 1. The van der Waals surface area contributed by atoms with Gasteiger partial charge in [0.15, 0.2) is 6.61 Å². The molecule has 0 spiro atoms. The number of aliphatic hydroxyl groups excluding tert-OH is 1. The van der Waals surface area contributed by atoms with Gasteiger partial charge in [-0.3, -0.25) is 9.59 Å². The summed E-state index contributed by atoms with van der Waals surface area (Å²) in [4.78, 5) is 26.6. The van der Waals surface area contributed by atoms with Gasteiger partial charge in [0.2, 0.25) is 11.7 Å². The number of anilines is 1. The summed E-state index contributed by atoms with van der Waals surface area (Å²) in [6.07, 6.45) is -0.671. The summed E-state index contributed by atoms with van der Waals surface area (Å²) in [5.41, 5.74) is 0.603. The maximum atomic E-state index is 11.7. The number of hydrogen-bond donors (Lipinski definition) is 3. The zero-order valence-electron chi connectivity index (χ0n) is 13.3. The van der Waals surface area contributed by atoms with E-state index in [0.717, 1.165) is 0 Å². The Morgan fingerprint density at radius 2 is 2.21 bits per heavy atom. The number of nitrogens with zero attached hydrogens (tertiary/aromatic N) is 2. The number of carbonyl (C=O) groups excluding carboxylic acids is 2. The number of carbonyl (C=O) groups is 2. The van der Waals surface area contributed by atoms with Crippen molar-refractivity contribution in [3.63, 3.8) is 0 Å². The second-order valence-electron chi connectivity index (χ2n) is 5.07. The van der Waals surface area contributed by atoms with E-state index in [-0.39, 0.29) is 30.8 Å². The van der Waals surface area contributed by atoms with E-state index in [2.05, 4.69) is 20.8 Å². The summed E-state index contributed by atoms with van der Waals surface area (Å²) < 4.78 is 10.3. The first kappa shape index (κ1) is 17.4. The lowest BCUT2D eigenvalue weighted by atomic mass is 10.3. The third-order valence-corrected chi connectivity index (χ3v) is 2.74. The molecule has 0 saturated heterocycles. The lowest BCUT2D eigenvalue weighted by molar-refractivity contribution is -0.114. The van der Waals surface area contributed by atoms with E-state index in [0.29, 0.717) is 11.4 Å². The Morgan fingerprint density at radius 3 is 2.92 bits per heavy atom. The Bertz CT molecular complexity index is 713. The van der Waals surface area contributed by atoms with E-state index in [1.165, 1.54) is 6.92 Å². The predicted molar refractivity (Wildman–Crippen MR) is 83.4 cm³/mol. The minimum atomic E-state index is -0.671. The summed E-state index contributed by atoms with van der Waals surface area (Å²) in [7, 11) is 0. The Morgan fingerprint density at radius 1 is 1.42 bits per heavy atom. The fourth-order valence-corrected chi connectivity index (χ4v) is 1.74. The molecule has 2 rings (SSSR count). The number of ether oxygens (including phenoxy) is 1. The highest BCUT2D eigenvalue weighted by Gasteiger charge is 2.15. The fraction of sp³-hybridized carbons (Fsp3) is 0.333. The van der Waals surface area contributed by atoms with E-state index in [1.54, 1.807) is 31.2 Å². The summed E-state index contributed by atoms with van der Waals surface area (Å²) in [6, 6.07) is 6.82. The Hall–Kier alpha value is -2.94. The fourth-order valence-electron chi connectivity index (χ4n) is 1.74. The number of hydrogen-bond acceptors (Lipinski definition) is 7. The van der Waals surface area contributed by atoms with Gasteiger partial charge in [-0.2, -0.15) is 4.98 Å². The molecule has 9 heteroatoms. The number of aromatic nitrogens is 2. The molecule has 0 fully saturated rings. The van der Waals surface area contributed by atoms with Crippen molar-refractivity contribution in [2.24, 2.45) is 0 Å². The zero-order valence-corrected chi connectivity index (χ0v) is 13.3. The molecule has 0 bridgehead atoms. The average Bonchev–Trinajstić information content (AvgIpc) is 2.99. The third-order valence-electron chi connectivity index (χ3n) is 2.74. The van der Waals surface area contributed by atoms with Crippen molar-refractivity contribution < 1.29 is 24.0 Å². The molecule has 0 radical (unpaired) electrons. The number of amides is 2. The molecule has 2 aromatic rings. The predicted octanol–water partition coefficient (Wildman–Crippen LogP) is 0.718. The highest BCUT2D eigenvalue weighted by molar-refractivity contribution is 5.89. The van der Waals surface area contributed by atoms with Crippen LogP contribution in [-0.4, -0.2) is 39.7 Å². The van der Waals surface area contributed by atoms with E-state index in [9.17, 15) is 9.59 Å². The molecular weight excluding hydrogens is 316 g/mol. The SMILES string of the molecule is CC(=O)Nc1cccc(OCc2noc(C(=O)NC[C@@H](C)O)n2)c1. The van der Waals surface area contributed by atoms with Crippen LogP contribution in [0.25, 0.3) is 0 Å². The lowest BCUT2D eigenvalue weighted by Crippen LogP contribution is -2.30. The van der Waals surface area contributed by atoms with Crippen LogP contribution < -0.4 is 15.4 Å². The van der Waals surface area contributed by atoms with E-state index in [4.69, 9.17) is 14.4 Å². The van der Waals surface area contributed by atoms with Crippen LogP contribution in [0.3, 0.4) is 0 Å². The van der Waals surface area contributed by atoms with Crippen LogP contribution in [0.5, 0.6) is 5.75 Å². The van der Waals surface area contributed by atoms with Crippen LogP contribution in [0, 0.1) is 0 Å². The third kappa shape index (κ3) is 5.36. The monoisotopic (exact) mass is 334 g/mol. The minimum Gasteiger partial charge on any atom is -0.485 e. The molecule has 9 nitrogen and oxygen atoms in total. The summed E-state index contributed by atoms with van der Waals surface area (Å²) in [5.74, 6) is -0.255. The highest BCUT2D eigenvalue weighted by atomic mass is 16.5. The zero-order chi connectivity index (χ0) is 17.5. The maximum Gasteiger partial charge on any atom is 0.316 e. The van der Waals surface area contributed by atoms with E-state index < -0.39 is 12.0 Å². The van der Waals surface area contributed by atoms with Gasteiger partial charge in [0.25, 0.3) is 0 Å². The molecule has 0 aliphatic heterocycles. The van der Waals surface area contributed by atoms with Gasteiger partial charge in [-0.05, 0) is 19.1 Å². The molecule has 0 aliphatic carbocycles. The molecule has 1 aromatic heterocycles. The van der Waals surface area contributed by atoms with Crippen LogP contribution in [0.4, 0.5) is 5.69 Å². The minimum absolute atomic E-state index is 0.00327. The van der Waals surface area contributed by atoms with Gasteiger partial charge in [-0.15, -0.1) is 0 Å². The molecule has 1 heterocycles. The second-order valence-corrected chi connectivity index (χ2v) is 5.07. The van der Waals surface area contributed by atoms with Crippen molar-refractivity contribution >= 4 is 17.5 Å². The van der Waals surface area contributed by atoms with Crippen molar-refractivity contribution in [3.8, 4) is 5.75 Å². The summed E-state index contributed by atoms with van der Waals surface area (Å²) in [5, 5.41) is 17.8. The Kier molecular flexibility index (Phi) is 5.85. The summed E-state index contributed by atoms with van der Waals surface area (Å²) >= 11 is 0. The highest BCUT2D eigenvalue weighted by Crippen LogP contribution is 2.18. The van der Waals surface area contributed by atoms with Gasteiger partial charge in [0.1, 0.15) is 5.75 Å². The average molecular weight is 334 g/mol. The molecule has 2 amide bonds. The van der Waals surface area contributed by atoms with Crippen molar-refractivity contribution in [1.82, 2.24) is 15.5 Å². The molecule has 24 heavy (non-hydrogen) atoms. The van der Waals surface area contributed by atoms with Crippen molar-refractivity contribution in [2.45, 2.75) is 26.6 Å². The molecule has 0 saturated carbocycles. The van der Waals surface area contributed by atoms with Crippen molar-refractivity contribution in [2.75, 3.05) is 11.9 Å². The summed E-state index contributed by atoms with van der Waals surface area (Å²) in [6.45, 7) is 3.04. The van der Waals surface area contributed by atoms with Crippen LogP contribution in [-0.2, 0) is 11.4 Å². The van der Waals surface area contributed by atoms with Crippen LogP contribution in [0.2, 0.25) is 0 Å². The Balaban J connectivity index is 1.91. The van der Waals surface area contributed by atoms with E-state index in [1.807, 2.05) is 0 Å². The van der Waals surface area contributed by atoms with Gasteiger partial charge in [0, 0.05) is 25.2 Å². The number of rotatable bonds is 7. The lowest BCUT2D eigenvalue weighted by Gasteiger charge is -2.06. The van der Waals surface area contributed by atoms with Gasteiger partial charge in [-0.1, -0.05) is 11.2 Å². The van der Waals surface area contributed by atoms with Gasteiger partial charge < -0.3 is 25.0 Å². The molecule has 128 valence electrons. The first-order valence-corrected chi connectivity index (χ1v) is 7.23. The molecule has 1 atom stereocenters.